The number of phenolic OH excluding ortho intramolecular Hbond substituents is 1. The lowest BCUT2D eigenvalue weighted by atomic mass is 10.0. The molecule has 1 heterocycles. The number of benzene rings is 2. The highest BCUT2D eigenvalue weighted by atomic mass is 16.3. The smallest absolute Gasteiger partial charge is 0.128 e. The number of phenols is 1. The lowest BCUT2D eigenvalue weighted by Gasteiger charge is -2.16. The summed E-state index contributed by atoms with van der Waals surface area (Å²) in [5.41, 5.74) is 1.82. The fourth-order valence-electron chi connectivity index (χ4n) is 2.41. The van der Waals surface area contributed by atoms with Gasteiger partial charge in [0.05, 0.1) is 5.69 Å². The van der Waals surface area contributed by atoms with Crippen LogP contribution in [0.5, 0.6) is 5.75 Å². The van der Waals surface area contributed by atoms with Crippen LogP contribution in [0, 0.1) is 0 Å². The number of aromatic hydroxyl groups is 1. The van der Waals surface area contributed by atoms with Crippen molar-refractivity contribution < 1.29 is 5.11 Å². The van der Waals surface area contributed by atoms with Crippen LogP contribution >= 0.6 is 0 Å². The lowest BCUT2D eigenvalue weighted by Crippen LogP contribution is -2.18. The van der Waals surface area contributed by atoms with Gasteiger partial charge in [-0.05, 0) is 18.4 Å². The van der Waals surface area contributed by atoms with E-state index < -0.39 is 0 Å². The van der Waals surface area contributed by atoms with Crippen molar-refractivity contribution in [2.45, 2.75) is 19.5 Å². The molecular formula is C17H17N3O. The van der Waals surface area contributed by atoms with E-state index in [9.17, 15) is 5.11 Å². The van der Waals surface area contributed by atoms with Crippen molar-refractivity contribution in [3.05, 3.63) is 66.2 Å². The first-order valence-corrected chi connectivity index (χ1v) is 6.94. The average Bonchev–Trinajstić information content (AvgIpc) is 2.54. The zero-order valence-electron chi connectivity index (χ0n) is 11.8. The summed E-state index contributed by atoms with van der Waals surface area (Å²) >= 11 is 0. The Bertz CT molecular complexity index is 743. The molecule has 2 N–H and O–H groups in total. The Morgan fingerprint density at radius 3 is 2.81 bits per heavy atom. The molecule has 0 radical (unpaired) electrons. The number of aromatic nitrogens is 2. The van der Waals surface area contributed by atoms with Crippen LogP contribution in [0.2, 0.25) is 0 Å². The van der Waals surface area contributed by atoms with Gasteiger partial charge in [-0.1, -0.05) is 36.4 Å². The molecule has 21 heavy (non-hydrogen) atoms. The van der Waals surface area contributed by atoms with E-state index in [1.54, 1.807) is 6.20 Å². The molecule has 1 unspecified atom stereocenters. The number of fused-ring (bicyclic) bond motifs is 1. The fraction of sp³-hybridized carbons (Fsp3) is 0.176. The van der Waals surface area contributed by atoms with Gasteiger partial charge in [-0.15, -0.1) is 0 Å². The number of nitrogens with one attached hydrogen (secondary N) is 1. The Labute approximate surface area is 123 Å². The number of hydrogen-bond donors (Lipinski definition) is 2. The highest BCUT2D eigenvalue weighted by Crippen LogP contribution is 2.32. The van der Waals surface area contributed by atoms with Crippen LogP contribution in [0.25, 0.3) is 10.8 Å². The Morgan fingerprint density at radius 1 is 1.14 bits per heavy atom. The zero-order chi connectivity index (χ0) is 14.7. The molecule has 0 saturated heterocycles. The van der Waals surface area contributed by atoms with Crippen molar-refractivity contribution in [1.29, 1.82) is 0 Å². The van der Waals surface area contributed by atoms with Gasteiger partial charge in [0, 0.05) is 29.7 Å². The van der Waals surface area contributed by atoms with Crippen LogP contribution in [0.4, 0.5) is 0 Å². The first kappa shape index (κ1) is 13.5. The van der Waals surface area contributed by atoms with Crippen LogP contribution in [0.15, 0.2) is 55.0 Å². The standard InChI is InChI=1S/C17H17N3O/c1-12(19-10-14-8-9-18-11-20-14)15-7-6-13-4-2-3-5-16(13)17(15)21/h2-9,11-12,19,21H,10H2,1H3. The predicted molar refractivity (Wildman–Crippen MR) is 82.9 cm³/mol. The van der Waals surface area contributed by atoms with E-state index in [2.05, 4.69) is 15.3 Å². The summed E-state index contributed by atoms with van der Waals surface area (Å²) in [6.45, 7) is 2.67. The SMILES string of the molecule is CC(NCc1ccncn1)c1ccc2ccccc2c1O. The number of rotatable bonds is 4. The molecule has 3 rings (SSSR count). The van der Waals surface area contributed by atoms with Crippen LogP contribution in [0.1, 0.15) is 24.2 Å². The Hall–Kier alpha value is -2.46. The summed E-state index contributed by atoms with van der Waals surface area (Å²) in [6, 6.07) is 13.7. The average molecular weight is 279 g/mol. The maximum atomic E-state index is 10.5. The molecule has 1 aromatic heterocycles. The Balaban J connectivity index is 1.81. The van der Waals surface area contributed by atoms with E-state index in [1.807, 2.05) is 49.4 Å². The molecule has 0 saturated carbocycles. The zero-order valence-corrected chi connectivity index (χ0v) is 11.8. The Kier molecular flexibility index (Phi) is 3.79. The van der Waals surface area contributed by atoms with Gasteiger partial charge in [0.2, 0.25) is 0 Å². The molecule has 0 aliphatic rings. The van der Waals surface area contributed by atoms with Gasteiger partial charge >= 0.3 is 0 Å². The van der Waals surface area contributed by atoms with Crippen LogP contribution in [0.3, 0.4) is 0 Å². The van der Waals surface area contributed by atoms with Crippen molar-refractivity contribution >= 4 is 10.8 Å². The first-order chi connectivity index (χ1) is 10.3. The minimum atomic E-state index is 0.0320. The molecule has 0 amide bonds. The third-order valence-electron chi connectivity index (χ3n) is 3.63. The van der Waals surface area contributed by atoms with E-state index in [1.165, 1.54) is 6.33 Å². The second kappa shape index (κ2) is 5.89. The quantitative estimate of drug-likeness (QED) is 0.770. The van der Waals surface area contributed by atoms with Crippen LogP contribution in [-0.2, 0) is 6.54 Å². The topological polar surface area (TPSA) is 58.0 Å². The van der Waals surface area contributed by atoms with Crippen molar-refractivity contribution in [2.75, 3.05) is 0 Å². The van der Waals surface area contributed by atoms with Gasteiger partial charge in [-0.2, -0.15) is 0 Å². The molecule has 0 bridgehead atoms. The van der Waals surface area contributed by atoms with E-state index in [4.69, 9.17) is 0 Å². The Morgan fingerprint density at radius 2 is 2.00 bits per heavy atom. The normalized spacial score (nSPS) is 12.4. The van der Waals surface area contributed by atoms with Crippen LogP contribution in [-0.4, -0.2) is 15.1 Å². The summed E-state index contributed by atoms with van der Waals surface area (Å²) < 4.78 is 0. The molecule has 2 aromatic carbocycles. The van der Waals surface area contributed by atoms with E-state index >= 15 is 0 Å². The summed E-state index contributed by atoms with van der Waals surface area (Å²) in [5, 5.41) is 15.7. The second-order valence-corrected chi connectivity index (χ2v) is 5.03. The van der Waals surface area contributed by atoms with E-state index in [0.717, 1.165) is 22.0 Å². The van der Waals surface area contributed by atoms with Crippen molar-refractivity contribution in [1.82, 2.24) is 15.3 Å². The largest absolute Gasteiger partial charge is 0.507 e. The molecular weight excluding hydrogens is 262 g/mol. The van der Waals surface area contributed by atoms with E-state index in [-0.39, 0.29) is 6.04 Å². The lowest BCUT2D eigenvalue weighted by molar-refractivity contribution is 0.457. The van der Waals surface area contributed by atoms with Gasteiger partial charge in [-0.25, -0.2) is 9.97 Å². The monoisotopic (exact) mass is 279 g/mol. The van der Waals surface area contributed by atoms with Crippen molar-refractivity contribution in [3.8, 4) is 5.75 Å². The first-order valence-electron chi connectivity index (χ1n) is 6.94. The predicted octanol–water partition coefficient (Wildman–Crippen LogP) is 3.19. The minimum Gasteiger partial charge on any atom is -0.507 e. The summed E-state index contributed by atoms with van der Waals surface area (Å²) in [5.74, 6) is 0.343. The van der Waals surface area contributed by atoms with Gasteiger partial charge in [0.15, 0.2) is 0 Å². The fourth-order valence-corrected chi connectivity index (χ4v) is 2.41. The van der Waals surface area contributed by atoms with Gasteiger partial charge in [0.1, 0.15) is 12.1 Å². The molecule has 106 valence electrons. The molecule has 0 fully saturated rings. The summed E-state index contributed by atoms with van der Waals surface area (Å²) in [7, 11) is 0. The number of hydrogen-bond acceptors (Lipinski definition) is 4. The molecule has 3 aromatic rings. The van der Waals surface area contributed by atoms with Gasteiger partial charge < -0.3 is 10.4 Å². The molecule has 4 nitrogen and oxygen atoms in total. The molecule has 0 aliphatic heterocycles. The minimum absolute atomic E-state index is 0.0320. The summed E-state index contributed by atoms with van der Waals surface area (Å²) in [4.78, 5) is 8.08. The maximum Gasteiger partial charge on any atom is 0.128 e. The molecule has 0 aliphatic carbocycles. The van der Waals surface area contributed by atoms with Gasteiger partial charge in [0.25, 0.3) is 0 Å². The van der Waals surface area contributed by atoms with Crippen LogP contribution < -0.4 is 5.32 Å². The number of nitrogens with zero attached hydrogens (tertiary/aromatic N) is 2. The van der Waals surface area contributed by atoms with Gasteiger partial charge in [-0.3, -0.25) is 0 Å². The highest BCUT2D eigenvalue weighted by molar-refractivity contribution is 5.89. The molecule has 4 heteroatoms. The van der Waals surface area contributed by atoms with Crippen molar-refractivity contribution in [3.63, 3.8) is 0 Å². The third-order valence-corrected chi connectivity index (χ3v) is 3.63. The second-order valence-electron chi connectivity index (χ2n) is 5.03. The molecule has 1 atom stereocenters. The molecule has 0 spiro atoms. The van der Waals surface area contributed by atoms with Crippen molar-refractivity contribution in [2.24, 2.45) is 0 Å². The summed E-state index contributed by atoms with van der Waals surface area (Å²) in [6.07, 6.45) is 3.26. The van der Waals surface area contributed by atoms with E-state index in [0.29, 0.717) is 12.3 Å². The third kappa shape index (κ3) is 2.85. The highest BCUT2D eigenvalue weighted by Gasteiger charge is 2.12. The maximum absolute atomic E-state index is 10.5.